The van der Waals surface area contributed by atoms with E-state index in [0.29, 0.717) is 6.54 Å². The predicted molar refractivity (Wildman–Crippen MR) is 70.2 cm³/mol. The molecule has 0 aliphatic heterocycles. The summed E-state index contributed by atoms with van der Waals surface area (Å²) in [6, 6.07) is 3.21. The molecule has 4 nitrogen and oxygen atoms in total. The summed E-state index contributed by atoms with van der Waals surface area (Å²) < 4.78 is 38.7. The number of benzene rings is 1. The Hall–Kier alpha value is -1.57. The molecule has 0 fully saturated rings. The fourth-order valence-electron chi connectivity index (χ4n) is 1.46. The van der Waals surface area contributed by atoms with Crippen LogP contribution in [0.25, 0.3) is 0 Å². The maximum Gasteiger partial charge on any atom is 0.417 e. The summed E-state index contributed by atoms with van der Waals surface area (Å²) in [5.74, 6) is -1.41. The zero-order valence-corrected chi connectivity index (χ0v) is 12.1. The first-order chi connectivity index (χ1) is 9.25. The molecule has 8 heteroatoms. The van der Waals surface area contributed by atoms with Crippen LogP contribution in [0, 0.1) is 0 Å². The van der Waals surface area contributed by atoms with Crippen molar-refractivity contribution in [2.75, 3.05) is 13.1 Å². The SMILES string of the molecule is CCNC(=O)CNC(=O)c1ccc(Br)cc1C(F)(F)F. The standard InChI is InChI=1S/C12H12BrF3N2O2/c1-2-17-10(19)6-18-11(20)8-4-3-7(13)5-9(8)12(14,15)16/h3-5H,2,6H2,1H3,(H,17,19)(H,18,20). The van der Waals surface area contributed by atoms with E-state index in [2.05, 4.69) is 26.6 Å². The lowest BCUT2D eigenvalue weighted by molar-refractivity contribution is -0.138. The van der Waals surface area contributed by atoms with E-state index >= 15 is 0 Å². The summed E-state index contributed by atoms with van der Waals surface area (Å²) in [5, 5.41) is 4.57. The quantitative estimate of drug-likeness (QED) is 0.873. The van der Waals surface area contributed by atoms with Gasteiger partial charge in [0, 0.05) is 11.0 Å². The molecule has 0 aliphatic carbocycles. The highest BCUT2D eigenvalue weighted by atomic mass is 79.9. The van der Waals surface area contributed by atoms with Crippen LogP contribution in [-0.4, -0.2) is 24.9 Å². The molecule has 0 saturated carbocycles. The lowest BCUT2D eigenvalue weighted by atomic mass is 10.1. The maximum absolute atomic E-state index is 12.8. The average Bonchev–Trinajstić information content (AvgIpc) is 2.35. The molecule has 110 valence electrons. The molecular weight excluding hydrogens is 341 g/mol. The highest BCUT2D eigenvalue weighted by Gasteiger charge is 2.35. The molecule has 0 aromatic heterocycles. The fraction of sp³-hybridized carbons (Fsp3) is 0.333. The van der Waals surface area contributed by atoms with Gasteiger partial charge >= 0.3 is 6.18 Å². The topological polar surface area (TPSA) is 58.2 Å². The summed E-state index contributed by atoms with van der Waals surface area (Å²) in [6.45, 7) is 1.69. The number of alkyl halides is 3. The summed E-state index contributed by atoms with van der Waals surface area (Å²) in [6.07, 6.45) is -4.65. The second-order valence-corrected chi connectivity index (χ2v) is 4.74. The minimum Gasteiger partial charge on any atom is -0.355 e. The Kier molecular flexibility index (Phi) is 5.55. The van der Waals surface area contributed by atoms with Crippen molar-refractivity contribution in [3.8, 4) is 0 Å². The van der Waals surface area contributed by atoms with Crippen LogP contribution in [0.4, 0.5) is 13.2 Å². The highest BCUT2D eigenvalue weighted by Crippen LogP contribution is 2.33. The first-order valence-corrected chi connectivity index (χ1v) is 6.46. The van der Waals surface area contributed by atoms with E-state index in [9.17, 15) is 22.8 Å². The van der Waals surface area contributed by atoms with E-state index in [0.717, 1.165) is 12.1 Å². The van der Waals surface area contributed by atoms with Crippen molar-refractivity contribution in [1.29, 1.82) is 0 Å². The van der Waals surface area contributed by atoms with Gasteiger partial charge in [0.05, 0.1) is 17.7 Å². The van der Waals surface area contributed by atoms with E-state index in [1.807, 2.05) is 0 Å². The number of likely N-dealkylation sites (N-methyl/N-ethyl adjacent to an activating group) is 1. The number of halogens is 4. The van der Waals surface area contributed by atoms with Crippen molar-refractivity contribution < 1.29 is 22.8 Å². The molecule has 0 heterocycles. The van der Waals surface area contributed by atoms with Gasteiger partial charge in [0.1, 0.15) is 0 Å². The monoisotopic (exact) mass is 352 g/mol. The van der Waals surface area contributed by atoms with Crippen LogP contribution in [0.5, 0.6) is 0 Å². The minimum absolute atomic E-state index is 0.213. The highest BCUT2D eigenvalue weighted by molar-refractivity contribution is 9.10. The van der Waals surface area contributed by atoms with Crippen LogP contribution in [0.1, 0.15) is 22.8 Å². The number of carbonyl (C=O) groups excluding carboxylic acids is 2. The third-order valence-electron chi connectivity index (χ3n) is 2.32. The third kappa shape index (κ3) is 4.52. The Balaban J connectivity index is 2.91. The molecule has 0 bridgehead atoms. The molecule has 2 N–H and O–H groups in total. The van der Waals surface area contributed by atoms with Crippen LogP contribution in [0.15, 0.2) is 22.7 Å². The molecule has 1 aromatic rings. The molecule has 1 rings (SSSR count). The first kappa shape index (κ1) is 16.5. The lowest BCUT2D eigenvalue weighted by Gasteiger charge is -2.13. The van der Waals surface area contributed by atoms with Gasteiger partial charge in [0.2, 0.25) is 5.91 Å². The second kappa shape index (κ2) is 6.74. The van der Waals surface area contributed by atoms with Gasteiger partial charge in [-0.1, -0.05) is 15.9 Å². The van der Waals surface area contributed by atoms with Gasteiger partial charge in [-0.25, -0.2) is 0 Å². The predicted octanol–water partition coefficient (Wildman–Crippen LogP) is 2.33. The number of rotatable bonds is 4. The summed E-state index contributed by atoms with van der Waals surface area (Å²) >= 11 is 2.92. The van der Waals surface area contributed by atoms with Crippen molar-refractivity contribution in [2.45, 2.75) is 13.1 Å². The molecule has 0 spiro atoms. The Bertz CT molecular complexity index is 518. The number of hydrogen-bond acceptors (Lipinski definition) is 2. The van der Waals surface area contributed by atoms with E-state index in [1.54, 1.807) is 6.92 Å². The van der Waals surface area contributed by atoms with Crippen LogP contribution in [0.2, 0.25) is 0 Å². The molecule has 0 unspecified atom stereocenters. The number of hydrogen-bond donors (Lipinski definition) is 2. The van der Waals surface area contributed by atoms with Crippen LogP contribution in [-0.2, 0) is 11.0 Å². The Morgan fingerprint density at radius 3 is 2.45 bits per heavy atom. The van der Waals surface area contributed by atoms with Crippen LogP contribution < -0.4 is 10.6 Å². The van der Waals surface area contributed by atoms with Crippen LogP contribution >= 0.6 is 15.9 Å². The lowest BCUT2D eigenvalue weighted by Crippen LogP contribution is -2.37. The van der Waals surface area contributed by atoms with Gasteiger partial charge in [-0.15, -0.1) is 0 Å². The van der Waals surface area contributed by atoms with Crippen molar-refractivity contribution in [2.24, 2.45) is 0 Å². The fourth-order valence-corrected chi connectivity index (χ4v) is 1.83. The Morgan fingerprint density at radius 1 is 1.25 bits per heavy atom. The molecule has 0 aliphatic rings. The van der Waals surface area contributed by atoms with E-state index < -0.39 is 29.1 Å². The summed E-state index contributed by atoms with van der Waals surface area (Å²) in [4.78, 5) is 22.9. The van der Waals surface area contributed by atoms with E-state index in [1.165, 1.54) is 6.07 Å². The van der Waals surface area contributed by atoms with Gasteiger partial charge in [0.15, 0.2) is 0 Å². The number of carbonyl (C=O) groups is 2. The first-order valence-electron chi connectivity index (χ1n) is 5.67. The van der Waals surface area contributed by atoms with Gasteiger partial charge in [0.25, 0.3) is 5.91 Å². The summed E-state index contributed by atoms with van der Waals surface area (Å²) in [5.41, 5.74) is -1.58. The summed E-state index contributed by atoms with van der Waals surface area (Å²) in [7, 11) is 0. The zero-order chi connectivity index (χ0) is 15.3. The van der Waals surface area contributed by atoms with Gasteiger partial charge in [-0.3, -0.25) is 9.59 Å². The molecule has 0 radical (unpaired) electrons. The van der Waals surface area contributed by atoms with Crippen molar-refractivity contribution in [3.63, 3.8) is 0 Å². The van der Waals surface area contributed by atoms with Crippen LogP contribution in [0.3, 0.4) is 0 Å². The third-order valence-corrected chi connectivity index (χ3v) is 2.81. The van der Waals surface area contributed by atoms with E-state index in [4.69, 9.17) is 0 Å². The number of nitrogens with one attached hydrogen (secondary N) is 2. The molecule has 0 atom stereocenters. The molecular formula is C12H12BrF3N2O2. The largest absolute Gasteiger partial charge is 0.417 e. The minimum atomic E-state index is -4.65. The van der Waals surface area contributed by atoms with Gasteiger partial charge in [-0.05, 0) is 25.1 Å². The Morgan fingerprint density at radius 2 is 1.90 bits per heavy atom. The molecule has 1 aromatic carbocycles. The zero-order valence-electron chi connectivity index (χ0n) is 10.5. The maximum atomic E-state index is 12.8. The Labute approximate surface area is 121 Å². The van der Waals surface area contributed by atoms with Gasteiger partial charge < -0.3 is 10.6 Å². The molecule has 20 heavy (non-hydrogen) atoms. The molecule has 2 amide bonds. The average molecular weight is 353 g/mol. The van der Waals surface area contributed by atoms with Gasteiger partial charge in [-0.2, -0.15) is 13.2 Å². The van der Waals surface area contributed by atoms with E-state index in [-0.39, 0.29) is 11.0 Å². The second-order valence-electron chi connectivity index (χ2n) is 3.82. The molecule has 0 saturated heterocycles. The van der Waals surface area contributed by atoms with Crippen molar-refractivity contribution in [1.82, 2.24) is 10.6 Å². The normalized spacial score (nSPS) is 11.1. The van der Waals surface area contributed by atoms with Crippen molar-refractivity contribution in [3.05, 3.63) is 33.8 Å². The number of amides is 2. The smallest absolute Gasteiger partial charge is 0.355 e. The van der Waals surface area contributed by atoms with Crippen molar-refractivity contribution >= 4 is 27.7 Å².